The number of hydrogen-bond acceptors (Lipinski definition) is 7. The maximum atomic E-state index is 12.7. The van der Waals surface area contributed by atoms with E-state index in [1.54, 1.807) is 24.4 Å². The van der Waals surface area contributed by atoms with Crippen molar-refractivity contribution in [3.8, 4) is 0 Å². The van der Waals surface area contributed by atoms with Gasteiger partial charge in [0.2, 0.25) is 5.13 Å². The van der Waals surface area contributed by atoms with E-state index in [2.05, 4.69) is 30.6 Å². The van der Waals surface area contributed by atoms with Crippen LogP contribution in [0.2, 0.25) is 5.02 Å². The minimum atomic E-state index is -3.76. The monoisotopic (exact) mass is 486 g/mol. The molecule has 0 aliphatic carbocycles. The molecule has 2 N–H and O–H groups in total. The number of fused-ring (bicyclic) bond motifs is 1. The Labute approximate surface area is 194 Å². The molecule has 0 amide bonds. The van der Waals surface area contributed by atoms with Crippen LogP contribution in [0.15, 0.2) is 59.9 Å². The van der Waals surface area contributed by atoms with Gasteiger partial charge in [0, 0.05) is 28.5 Å². The minimum absolute atomic E-state index is 0.145. The van der Waals surface area contributed by atoms with E-state index in [1.165, 1.54) is 11.9 Å². The average Bonchev–Trinajstić information content (AvgIpc) is 3.45. The Morgan fingerprint density at radius 2 is 2.12 bits per heavy atom. The Bertz CT molecular complexity index is 1410. The highest BCUT2D eigenvalue weighted by atomic mass is 35.5. The van der Waals surface area contributed by atoms with Crippen molar-refractivity contribution in [2.75, 3.05) is 17.8 Å². The normalized spacial score (nSPS) is 14.5. The first-order valence-electron chi connectivity index (χ1n) is 9.93. The van der Waals surface area contributed by atoms with Gasteiger partial charge in [0.1, 0.15) is 6.33 Å². The zero-order valence-corrected chi connectivity index (χ0v) is 19.2. The zero-order chi connectivity index (χ0) is 22.1. The van der Waals surface area contributed by atoms with Crippen molar-refractivity contribution in [2.24, 2.45) is 0 Å². The molecule has 5 rings (SSSR count). The maximum absolute atomic E-state index is 12.7. The fourth-order valence-corrected chi connectivity index (χ4v) is 5.63. The first-order valence-corrected chi connectivity index (χ1v) is 12.6. The van der Waals surface area contributed by atoms with Crippen LogP contribution in [0, 0.1) is 0 Å². The molecule has 164 valence electrons. The highest BCUT2D eigenvalue weighted by Crippen LogP contribution is 2.28. The molecule has 0 unspecified atom stereocenters. The van der Waals surface area contributed by atoms with Gasteiger partial charge in [-0.05, 0) is 60.0 Å². The van der Waals surface area contributed by atoms with Crippen LogP contribution in [0.4, 0.5) is 5.13 Å². The summed E-state index contributed by atoms with van der Waals surface area (Å²) < 4.78 is 33.5. The molecule has 2 aromatic carbocycles. The van der Waals surface area contributed by atoms with E-state index >= 15 is 0 Å². The van der Waals surface area contributed by atoms with Crippen LogP contribution >= 0.6 is 23.1 Å². The van der Waals surface area contributed by atoms with E-state index < -0.39 is 10.0 Å². The second-order valence-corrected chi connectivity index (χ2v) is 10.3. The number of aromatic nitrogens is 4. The quantitative estimate of drug-likeness (QED) is 0.430. The molecule has 32 heavy (non-hydrogen) atoms. The molecular formula is C21H19ClN6O2S2. The first-order chi connectivity index (χ1) is 15.5. The Morgan fingerprint density at radius 3 is 2.91 bits per heavy atom. The predicted molar refractivity (Wildman–Crippen MR) is 126 cm³/mol. The Kier molecular flexibility index (Phi) is 5.68. The highest BCUT2D eigenvalue weighted by molar-refractivity contribution is 7.93. The third-order valence-corrected chi connectivity index (χ3v) is 7.59. The van der Waals surface area contributed by atoms with E-state index in [0.29, 0.717) is 11.6 Å². The van der Waals surface area contributed by atoms with Crippen molar-refractivity contribution < 1.29 is 8.42 Å². The van der Waals surface area contributed by atoms with Crippen molar-refractivity contribution in [3.63, 3.8) is 0 Å². The van der Waals surface area contributed by atoms with Crippen LogP contribution in [0.1, 0.15) is 17.5 Å². The number of hydrogen-bond donors (Lipinski definition) is 2. The van der Waals surface area contributed by atoms with Gasteiger partial charge >= 0.3 is 0 Å². The molecule has 2 aromatic heterocycles. The van der Waals surface area contributed by atoms with E-state index in [1.807, 2.05) is 22.9 Å². The number of nitrogens with zero attached hydrogens (tertiary/aromatic N) is 4. The van der Waals surface area contributed by atoms with E-state index in [4.69, 9.17) is 11.6 Å². The third-order valence-electron chi connectivity index (χ3n) is 5.31. The van der Waals surface area contributed by atoms with Crippen molar-refractivity contribution in [2.45, 2.75) is 17.9 Å². The number of halogens is 1. The lowest BCUT2D eigenvalue weighted by Gasteiger charge is -2.18. The van der Waals surface area contributed by atoms with Crippen LogP contribution in [-0.2, 0) is 16.6 Å². The van der Waals surface area contributed by atoms with Gasteiger partial charge in [-0.1, -0.05) is 23.7 Å². The van der Waals surface area contributed by atoms with Crippen LogP contribution < -0.4 is 10.0 Å². The fraction of sp³-hybridized carbons (Fsp3) is 0.190. The van der Waals surface area contributed by atoms with Gasteiger partial charge in [-0.3, -0.25) is 9.40 Å². The molecule has 0 fully saturated rings. The molecule has 8 nitrogen and oxygen atoms in total. The number of rotatable bonds is 6. The molecule has 1 aliphatic rings. The number of sulfonamides is 1. The van der Waals surface area contributed by atoms with Crippen molar-refractivity contribution in [3.05, 3.63) is 71.1 Å². The minimum Gasteiger partial charge on any atom is -0.313 e. The third kappa shape index (κ3) is 4.26. The summed E-state index contributed by atoms with van der Waals surface area (Å²) in [7, 11) is -3.76. The highest BCUT2D eigenvalue weighted by Gasteiger charge is 2.18. The van der Waals surface area contributed by atoms with Gasteiger partial charge in [-0.15, -0.1) is 0 Å². The smallest absolute Gasteiger partial charge is 0.263 e. The molecule has 0 bridgehead atoms. The number of benzene rings is 2. The molecule has 0 saturated heterocycles. The molecule has 3 heterocycles. The molecular weight excluding hydrogens is 468 g/mol. The van der Waals surface area contributed by atoms with E-state index in [9.17, 15) is 8.42 Å². The lowest BCUT2D eigenvalue weighted by atomic mass is 9.95. The van der Waals surface area contributed by atoms with Gasteiger partial charge < -0.3 is 5.32 Å². The van der Waals surface area contributed by atoms with Gasteiger partial charge in [-0.2, -0.15) is 9.47 Å². The molecule has 4 aromatic rings. The maximum Gasteiger partial charge on any atom is 0.263 e. The molecule has 0 atom stereocenters. The van der Waals surface area contributed by atoms with Gasteiger partial charge in [0.25, 0.3) is 10.0 Å². The SMILES string of the molecule is O=S(=O)(Nc1ncns1)c1ccc2c(cnn2Cc2ccc(Cl)cc2C2=CCNCC2)c1. The van der Waals surface area contributed by atoms with Crippen molar-refractivity contribution >= 4 is 54.8 Å². The molecule has 0 saturated carbocycles. The average molecular weight is 487 g/mol. The van der Waals surface area contributed by atoms with Gasteiger partial charge in [0.05, 0.1) is 23.2 Å². The van der Waals surface area contributed by atoms with E-state index in [-0.39, 0.29) is 10.0 Å². The zero-order valence-electron chi connectivity index (χ0n) is 16.8. The first kappa shape index (κ1) is 21.1. The molecule has 1 aliphatic heterocycles. The van der Waals surface area contributed by atoms with Crippen molar-refractivity contribution in [1.82, 2.24) is 24.5 Å². The number of nitrogens with one attached hydrogen (secondary N) is 2. The molecule has 11 heteroatoms. The molecule has 0 spiro atoms. The summed E-state index contributed by atoms with van der Waals surface area (Å²) in [5.74, 6) is 0. The Balaban J connectivity index is 1.46. The van der Waals surface area contributed by atoms with Crippen LogP contribution in [0.25, 0.3) is 16.5 Å². The van der Waals surface area contributed by atoms with Gasteiger partial charge in [0.15, 0.2) is 0 Å². The summed E-state index contributed by atoms with van der Waals surface area (Å²) in [5, 5.41) is 9.51. The molecule has 0 radical (unpaired) electrons. The van der Waals surface area contributed by atoms with Crippen LogP contribution in [0.5, 0.6) is 0 Å². The Hall–Kier alpha value is -2.79. The summed E-state index contributed by atoms with van der Waals surface area (Å²) in [6.45, 7) is 2.33. The van der Waals surface area contributed by atoms with Gasteiger partial charge in [-0.25, -0.2) is 13.4 Å². The summed E-state index contributed by atoms with van der Waals surface area (Å²) in [5.41, 5.74) is 4.36. The summed E-state index contributed by atoms with van der Waals surface area (Å²) >= 11 is 7.27. The standard InChI is InChI=1S/C21H19ClN6O2S2/c22-17-2-1-15(19(10-17)14-5-7-23-8-6-14)12-28-20-4-3-18(9-16(20)11-25-28)32(29,30)27-21-24-13-26-31-21/h1-5,9-11,13,23H,6-8,12H2,(H,24,26,27). The lowest BCUT2D eigenvalue weighted by Crippen LogP contribution is -2.20. The fourth-order valence-electron chi connectivity index (χ4n) is 3.76. The van der Waals surface area contributed by atoms with Crippen LogP contribution in [-0.4, -0.2) is 40.6 Å². The topological polar surface area (TPSA) is 102 Å². The van der Waals surface area contributed by atoms with E-state index in [0.717, 1.165) is 53.1 Å². The second kappa shape index (κ2) is 8.62. The Morgan fingerprint density at radius 1 is 1.22 bits per heavy atom. The number of anilines is 1. The van der Waals surface area contributed by atoms with Crippen LogP contribution in [0.3, 0.4) is 0 Å². The summed E-state index contributed by atoms with van der Waals surface area (Å²) in [4.78, 5) is 4.02. The lowest BCUT2D eigenvalue weighted by molar-refractivity contribution is 0.601. The van der Waals surface area contributed by atoms with Crippen molar-refractivity contribution in [1.29, 1.82) is 0 Å². The predicted octanol–water partition coefficient (Wildman–Crippen LogP) is 3.77. The summed E-state index contributed by atoms with van der Waals surface area (Å²) in [6.07, 6.45) is 6.12. The second-order valence-electron chi connectivity index (χ2n) is 7.36. The summed E-state index contributed by atoms with van der Waals surface area (Å²) in [6, 6.07) is 10.9. The largest absolute Gasteiger partial charge is 0.313 e.